The molecule has 3 aliphatic carbocycles. The maximum absolute atomic E-state index is 15.1. The first-order chi connectivity index (χ1) is 39.5. The van der Waals surface area contributed by atoms with E-state index in [1.54, 1.807) is 76.2 Å². The molecule has 3 aromatic rings. The van der Waals surface area contributed by atoms with Crippen LogP contribution >= 0.6 is 0 Å². The first-order valence-electron chi connectivity index (χ1n) is 27.2. The molecule has 3 heterocycles. The number of esters is 7. The molecule has 8 rings (SSSR count). The number of nitrogens with zero attached hydrogens (tertiary/aromatic N) is 2. The number of fused-ring (bicyclic) bond motifs is 5. The highest BCUT2D eigenvalue weighted by Crippen LogP contribution is 2.66. The van der Waals surface area contributed by atoms with E-state index in [0.717, 1.165) is 33.0 Å². The van der Waals surface area contributed by atoms with Crippen LogP contribution in [0.2, 0.25) is 0 Å². The highest BCUT2D eigenvalue weighted by molar-refractivity contribution is 5.89. The van der Waals surface area contributed by atoms with Crippen molar-refractivity contribution in [1.82, 2.24) is 9.55 Å². The van der Waals surface area contributed by atoms with Crippen LogP contribution in [0.1, 0.15) is 115 Å². The number of aromatic nitrogens is 2. The SMILES string of the molecule is CC(=O)O[C@H]1C[C@]2(C)[C@@H](OC(=O)C(C)OC(=O)CCC(=O)OC[C@H]3O[C@@H](n4ccc(N)nc4=O)C(F)(F)C3O)C[C@H]3OC[C@@]3(OC(C)=O)[C@H]2[C@H](OC(=O)c2ccccc2)[C@]2(O)C[C@H](OC(=O)[C@@H](O)[C@H](CC=O)c3ccccc3)C(C)=C1C2(C)C. The van der Waals surface area contributed by atoms with Gasteiger partial charge >= 0.3 is 53.4 Å². The first-order valence-corrected chi connectivity index (χ1v) is 27.2. The zero-order valence-electron chi connectivity index (χ0n) is 47.0. The fraction of sp³-hybridized carbons (Fsp3) is 0.552. The largest absolute Gasteiger partial charge is 0.463 e. The molecule has 24 nitrogen and oxygen atoms in total. The molecule has 2 aromatic carbocycles. The molecule has 2 aliphatic heterocycles. The summed E-state index contributed by atoms with van der Waals surface area (Å²) in [6, 6.07) is 17.0. The van der Waals surface area contributed by atoms with Crippen molar-refractivity contribution in [1.29, 1.82) is 0 Å². The van der Waals surface area contributed by atoms with E-state index in [1.165, 1.54) is 12.1 Å². The fourth-order valence-electron chi connectivity index (χ4n) is 12.8. The Hall–Kier alpha value is -7.52. The fourth-order valence-corrected chi connectivity index (χ4v) is 12.8. The number of hydrogen-bond donors (Lipinski definition) is 4. The lowest BCUT2D eigenvalue weighted by Gasteiger charge is -2.68. The Balaban J connectivity index is 1.09. The van der Waals surface area contributed by atoms with Crippen molar-refractivity contribution in [2.24, 2.45) is 16.7 Å². The van der Waals surface area contributed by atoms with Gasteiger partial charge in [0.2, 0.25) is 6.23 Å². The van der Waals surface area contributed by atoms with Gasteiger partial charge in [0, 0.05) is 56.1 Å². The zero-order chi connectivity index (χ0) is 61.4. The van der Waals surface area contributed by atoms with Crippen LogP contribution in [0, 0.1) is 16.7 Å². The average molecular weight is 1180 g/mol. The first kappa shape index (κ1) is 62.5. The van der Waals surface area contributed by atoms with Crippen LogP contribution in [0.15, 0.2) is 88.9 Å². The standard InChI is InChI=1S/C58H67F2N3O21/c1-29-36(80-51(73)45(69)35(21-23-64)33-14-10-8-11-15-33)26-57(75)48(83-50(72)34-16-12-9-13-17-34)46-55(7,25-37(79-31(3)65)44(29)54(57,5)6)39(24-40-56(46,28-77-40)84-32(4)66)82-49(71)30(2)78-43(68)19-18-42(67)76-27-38-47(70)58(59,60)52(81-38)63-22-20-41(61)62-53(63)74/h8-17,20,22-23,30,35-40,45-48,52,69-70,75H,18-19,21,24-28H2,1-7H3,(H2,61,62,74)/t30?,35-,36+,37+,38-,39+,40-,45+,46+,47?,48+,52-,55-,56+,57-/m1/s1. The molecular formula is C58H67F2N3O21. The van der Waals surface area contributed by atoms with E-state index in [2.05, 4.69) is 4.98 Å². The maximum atomic E-state index is 15.1. The average Bonchev–Trinajstić information content (AvgIpc) is 2.27. The minimum Gasteiger partial charge on any atom is -0.463 e. The van der Waals surface area contributed by atoms with Crippen LogP contribution in [0.25, 0.3) is 0 Å². The molecule has 2 bridgehead atoms. The number of carbonyl (C=O) groups excluding carboxylic acids is 8. The molecule has 0 amide bonds. The summed E-state index contributed by atoms with van der Waals surface area (Å²) in [5.74, 6) is -14.1. The lowest BCUT2D eigenvalue weighted by atomic mass is 9.45. The molecule has 454 valence electrons. The van der Waals surface area contributed by atoms with Gasteiger partial charge in [0.1, 0.15) is 60.9 Å². The number of anilines is 1. The van der Waals surface area contributed by atoms with Crippen molar-refractivity contribution in [3.8, 4) is 0 Å². The van der Waals surface area contributed by atoms with E-state index < -0.39 is 174 Å². The predicted octanol–water partition coefficient (Wildman–Crippen LogP) is 3.30. The van der Waals surface area contributed by atoms with Gasteiger partial charge in [0.05, 0.1) is 30.9 Å². The van der Waals surface area contributed by atoms with Gasteiger partial charge in [-0.15, -0.1) is 0 Å². The van der Waals surface area contributed by atoms with Gasteiger partial charge in [0.25, 0.3) is 0 Å². The molecule has 0 radical (unpaired) electrons. The summed E-state index contributed by atoms with van der Waals surface area (Å²) in [5.41, 5.74) is -2.40. The molecule has 84 heavy (non-hydrogen) atoms. The number of aliphatic hydroxyl groups is 3. The molecule has 2 saturated carbocycles. The summed E-state index contributed by atoms with van der Waals surface area (Å²) in [6.45, 7) is 8.53. The Morgan fingerprint density at radius 3 is 2.14 bits per heavy atom. The number of benzene rings is 2. The zero-order valence-corrected chi connectivity index (χ0v) is 47.0. The van der Waals surface area contributed by atoms with E-state index in [0.29, 0.717) is 16.4 Å². The van der Waals surface area contributed by atoms with Crippen molar-refractivity contribution in [2.45, 2.75) is 171 Å². The van der Waals surface area contributed by atoms with Crippen LogP contribution in [0.5, 0.6) is 0 Å². The van der Waals surface area contributed by atoms with Crippen molar-refractivity contribution < 1.29 is 105 Å². The molecule has 1 aromatic heterocycles. The molecule has 5 aliphatic rings. The minimum absolute atomic E-state index is 0.0222. The van der Waals surface area contributed by atoms with Gasteiger partial charge in [-0.25, -0.2) is 19.2 Å². The Morgan fingerprint density at radius 1 is 0.881 bits per heavy atom. The van der Waals surface area contributed by atoms with Crippen LogP contribution in [-0.4, -0.2) is 158 Å². The van der Waals surface area contributed by atoms with E-state index in [-0.39, 0.29) is 48.4 Å². The van der Waals surface area contributed by atoms with Crippen molar-refractivity contribution >= 4 is 53.9 Å². The Bertz CT molecular complexity index is 3120. The van der Waals surface area contributed by atoms with Crippen LogP contribution in [0.3, 0.4) is 0 Å². The van der Waals surface area contributed by atoms with Gasteiger partial charge in [0.15, 0.2) is 23.9 Å². The lowest BCUT2D eigenvalue weighted by Crippen LogP contribution is -2.80. The second kappa shape index (κ2) is 24.2. The Kier molecular flexibility index (Phi) is 18.0. The van der Waals surface area contributed by atoms with Crippen LogP contribution < -0.4 is 11.4 Å². The number of carbonyl (C=O) groups is 8. The molecule has 15 atom stereocenters. The quantitative estimate of drug-likeness (QED) is 0.0579. The number of ether oxygens (including phenoxy) is 9. The Morgan fingerprint density at radius 2 is 1.54 bits per heavy atom. The maximum Gasteiger partial charge on any atom is 0.351 e. The summed E-state index contributed by atoms with van der Waals surface area (Å²) in [7, 11) is 0. The summed E-state index contributed by atoms with van der Waals surface area (Å²) < 4.78 is 83.7. The predicted molar refractivity (Wildman–Crippen MR) is 281 cm³/mol. The smallest absolute Gasteiger partial charge is 0.351 e. The number of rotatable bonds is 19. The highest BCUT2D eigenvalue weighted by atomic mass is 19.3. The van der Waals surface area contributed by atoms with Gasteiger partial charge in [-0.05, 0) is 55.2 Å². The molecule has 5 N–H and O–H groups in total. The van der Waals surface area contributed by atoms with Gasteiger partial charge in [-0.3, -0.25) is 23.7 Å². The van der Waals surface area contributed by atoms with Crippen LogP contribution in [-0.2, 0) is 76.2 Å². The van der Waals surface area contributed by atoms with Gasteiger partial charge in [-0.1, -0.05) is 69.3 Å². The lowest BCUT2D eigenvalue weighted by molar-refractivity contribution is -0.354. The van der Waals surface area contributed by atoms with E-state index >= 15 is 8.78 Å². The van der Waals surface area contributed by atoms with E-state index in [9.17, 15) is 58.5 Å². The van der Waals surface area contributed by atoms with E-state index in [1.807, 2.05) is 0 Å². The second-order valence-corrected chi connectivity index (χ2v) is 22.6. The molecular weight excluding hydrogens is 1110 g/mol. The summed E-state index contributed by atoms with van der Waals surface area (Å²) >= 11 is 0. The summed E-state index contributed by atoms with van der Waals surface area (Å²) in [6.07, 6.45) is -19.0. The topological polar surface area (TPSA) is 341 Å². The third kappa shape index (κ3) is 11.8. The third-order valence-electron chi connectivity index (χ3n) is 17.0. The molecule has 4 fully saturated rings. The van der Waals surface area contributed by atoms with Crippen molar-refractivity contribution in [2.75, 3.05) is 18.9 Å². The van der Waals surface area contributed by atoms with Gasteiger partial charge < -0.3 is 68.5 Å². The summed E-state index contributed by atoms with van der Waals surface area (Å²) in [4.78, 5) is 124. The number of halogens is 2. The molecule has 0 spiro atoms. The number of nitrogen functional groups attached to an aromatic ring is 1. The van der Waals surface area contributed by atoms with E-state index in [4.69, 9.17) is 48.4 Å². The number of aliphatic hydroxyl groups excluding tert-OH is 2. The number of alkyl halides is 2. The summed E-state index contributed by atoms with van der Waals surface area (Å²) in [5, 5.41) is 36.0. The van der Waals surface area contributed by atoms with Crippen molar-refractivity contribution in [3.63, 3.8) is 0 Å². The molecule has 2 unspecified atom stereocenters. The van der Waals surface area contributed by atoms with Crippen molar-refractivity contribution in [3.05, 3.63) is 106 Å². The Labute approximate surface area is 479 Å². The molecule has 26 heteroatoms. The molecule has 2 saturated heterocycles. The monoisotopic (exact) mass is 1180 g/mol. The van der Waals surface area contributed by atoms with Gasteiger partial charge in [-0.2, -0.15) is 13.8 Å². The number of nitrogens with two attached hydrogens (primary N) is 1. The second-order valence-electron chi connectivity index (χ2n) is 22.6. The normalized spacial score (nSPS) is 31.0. The minimum atomic E-state index is -4.05. The van der Waals surface area contributed by atoms with Crippen LogP contribution in [0.4, 0.5) is 14.6 Å². The number of aldehydes is 1. The number of hydrogen-bond acceptors (Lipinski definition) is 23. The highest BCUT2D eigenvalue weighted by Gasteiger charge is 2.77. The third-order valence-corrected chi connectivity index (χ3v) is 17.0.